The highest BCUT2D eigenvalue weighted by Crippen LogP contribution is 2.47. The maximum atomic E-state index is 6.21. The summed E-state index contributed by atoms with van der Waals surface area (Å²) in [5.74, 6) is 0. The van der Waals surface area contributed by atoms with E-state index in [0.717, 1.165) is 23.9 Å². The van der Waals surface area contributed by atoms with Gasteiger partial charge < -0.3 is 15.4 Å². The SMILES string of the molecule is CC/C=c1/c2c(cc/c1=C(\C)N)=C1c3cc(C)cc(C)c3C(C)(OC)N1CC=2. The van der Waals surface area contributed by atoms with Crippen LogP contribution in [0.5, 0.6) is 0 Å². The summed E-state index contributed by atoms with van der Waals surface area (Å²) in [6, 6.07) is 8.97. The minimum Gasteiger partial charge on any atom is -0.402 e. The van der Waals surface area contributed by atoms with E-state index in [4.69, 9.17) is 10.5 Å². The van der Waals surface area contributed by atoms with E-state index in [1.807, 2.05) is 14.0 Å². The first-order chi connectivity index (χ1) is 13.3. The predicted octanol–water partition coefficient (Wildman–Crippen LogP) is 1.67. The second kappa shape index (κ2) is 6.52. The van der Waals surface area contributed by atoms with Gasteiger partial charge >= 0.3 is 0 Å². The van der Waals surface area contributed by atoms with Gasteiger partial charge in [0.25, 0.3) is 0 Å². The van der Waals surface area contributed by atoms with Crippen molar-refractivity contribution in [3.05, 3.63) is 67.4 Å². The van der Waals surface area contributed by atoms with Gasteiger partial charge in [-0.25, -0.2) is 0 Å². The fourth-order valence-electron chi connectivity index (χ4n) is 5.05. The third-order valence-corrected chi connectivity index (χ3v) is 6.23. The number of fused-ring (bicyclic) bond motifs is 4. The van der Waals surface area contributed by atoms with Gasteiger partial charge in [-0.3, -0.25) is 0 Å². The molecule has 0 fully saturated rings. The molecule has 0 bridgehead atoms. The predicted molar refractivity (Wildman–Crippen MR) is 117 cm³/mol. The van der Waals surface area contributed by atoms with Gasteiger partial charge in [-0.05, 0) is 56.2 Å². The molecule has 2 aromatic carbocycles. The first-order valence-electron chi connectivity index (χ1n) is 10.1. The summed E-state index contributed by atoms with van der Waals surface area (Å²) >= 11 is 0. The summed E-state index contributed by atoms with van der Waals surface area (Å²) in [6.07, 6.45) is 5.61. The van der Waals surface area contributed by atoms with E-state index in [-0.39, 0.29) is 0 Å². The van der Waals surface area contributed by atoms with Crippen molar-refractivity contribution in [1.29, 1.82) is 0 Å². The quantitative estimate of drug-likeness (QED) is 0.869. The molecular formula is C25H30N2O. The second-order valence-electron chi connectivity index (χ2n) is 8.14. The maximum absolute atomic E-state index is 6.21. The zero-order valence-electron chi connectivity index (χ0n) is 17.8. The minimum atomic E-state index is -0.458. The van der Waals surface area contributed by atoms with E-state index >= 15 is 0 Å². The first kappa shape index (κ1) is 18.8. The molecule has 0 amide bonds. The smallest absolute Gasteiger partial charge is 0.165 e. The lowest BCUT2D eigenvalue weighted by molar-refractivity contribution is -0.0881. The van der Waals surface area contributed by atoms with Crippen LogP contribution in [-0.4, -0.2) is 18.6 Å². The standard InChI is InChI=1S/C25H30N2O/c1-7-8-19-18(17(4)26)9-10-21-20(19)11-12-27-24(21)22-14-15(2)13-16(3)23(22)25(27,5)28-6/h8-11,13-14H,7,12,26H2,1-6H3/b18-17-,19-8+. The van der Waals surface area contributed by atoms with E-state index in [2.05, 4.69) is 69.0 Å². The average Bonchev–Trinajstić information content (AvgIpc) is 2.91. The Morgan fingerprint density at radius 1 is 1.29 bits per heavy atom. The molecule has 28 heavy (non-hydrogen) atoms. The molecule has 3 heteroatoms. The van der Waals surface area contributed by atoms with Gasteiger partial charge in [-0.15, -0.1) is 0 Å². The van der Waals surface area contributed by atoms with Crippen LogP contribution in [0.4, 0.5) is 0 Å². The lowest BCUT2D eigenvalue weighted by Gasteiger charge is -2.37. The molecule has 146 valence electrons. The number of nitrogens with two attached hydrogens (primary N) is 1. The average molecular weight is 375 g/mol. The van der Waals surface area contributed by atoms with Gasteiger partial charge in [-0.1, -0.05) is 42.8 Å². The summed E-state index contributed by atoms with van der Waals surface area (Å²) < 4.78 is 6.12. The number of benzene rings is 2. The maximum Gasteiger partial charge on any atom is 0.165 e. The van der Waals surface area contributed by atoms with E-state index in [1.54, 1.807) is 0 Å². The van der Waals surface area contributed by atoms with Gasteiger partial charge in [-0.2, -0.15) is 0 Å². The Hall–Kier alpha value is -2.52. The van der Waals surface area contributed by atoms with Gasteiger partial charge in [0.15, 0.2) is 5.72 Å². The van der Waals surface area contributed by atoms with Crippen LogP contribution in [0.3, 0.4) is 0 Å². The molecule has 1 unspecified atom stereocenters. The fraction of sp³-hybridized carbons (Fsp3) is 0.360. The van der Waals surface area contributed by atoms with Crippen molar-refractivity contribution in [2.24, 2.45) is 5.73 Å². The minimum absolute atomic E-state index is 0.458. The number of hydrogen-bond donors (Lipinski definition) is 1. The molecule has 4 rings (SSSR count). The third-order valence-electron chi connectivity index (χ3n) is 6.23. The van der Waals surface area contributed by atoms with E-state index in [1.165, 1.54) is 43.6 Å². The van der Waals surface area contributed by atoms with E-state index < -0.39 is 5.72 Å². The molecule has 2 aliphatic rings. The number of ether oxygens (including phenoxy) is 1. The Labute approximate surface area is 167 Å². The van der Waals surface area contributed by atoms with E-state index in [0.29, 0.717) is 0 Å². The van der Waals surface area contributed by atoms with Crippen LogP contribution in [0, 0.1) is 13.8 Å². The molecule has 2 aliphatic heterocycles. The first-order valence-corrected chi connectivity index (χ1v) is 10.1. The summed E-state index contributed by atoms with van der Waals surface area (Å²) in [4.78, 5) is 2.40. The highest BCUT2D eigenvalue weighted by atomic mass is 16.5. The number of rotatable bonds is 2. The molecule has 2 N–H and O–H groups in total. The molecule has 2 aromatic rings. The summed E-state index contributed by atoms with van der Waals surface area (Å²) in [5, 5.41) is 4.95. The Bertz CT molecular complexity index is 1220. The number of nitrogens with zero attached hydrogens (tertiary/aromatic N) is 1. The Balaban J connectivity index is 2.24. The van der Waals surface area contributed by atoms with Crippen molar-refractivity contribution in [3.63, 3.8) is 0 Å². The van der Waals surface area contributed by atoms with E-state index in [9.17, 15) is 0 Å². The molecule has 0 spiro atoms. The van der Waals surface area contributed by atoms with Crippen LogP contribution in [0.2, 0.25) is 0 Å². The number of aryl methyl sites for hydroxylation is 2. The van der Waals surface area contributed by atoms with Crippen molar-refractivity contribution in [2.45, 2.75) is 46.8 Å². The van der Waals surface area contributed by atoms with Crippen LogP contribution in [0.1, 0.15) is 49.4 Å². The topological polar surface area (TPSA) is 38.5 Å². The second-order valence-corrected chi connectivity index (χ2v) is 8.14. The van der Waals surface area contributed by atoms with Crippen molar-refractivity contribution in [3.8, 4) is 0 Å². The monoisotopic (exact) mass is 374 g/mol. The summed E-state index contributed by atoms with van der Waals surface area (Å²) in [5.41, 5.74) is 13.0. The molecule has 0 saturated heterocycles. The van der Waals surface area contributed by atoms with Gasteiger partial charge in [0.2, 0.25) is 0 Å². The molecular weight excluding hydrogens is 344 g/mol. The summed E-state index contributed by atoms with van der Waals surface area (Å²) in [7, 11) is 1.81. The highest BCUT2D eigenvalue weighted by Gasteiger charge is 2.45. The number of methoxy groups -OCH3 is 1. The lowest BCUT2D eigenvalue weighted by Crippen LogP contribution is -2.55. The molecule has 0 radical (unpaired) electrons. The fourth-order valence-corrected chi connectivity index (χ4v) is 5.05. The van der Waals surface area contributed by atoms with Crippen LogP contribution in [0.25, 0.3) is 23.5 Å². The van der Waals surface area contributed by atoms with Crippen molar-refractivity contribution >= 4 is 23.5 Å². The zero-order chi connectivity index (χ0) is 20.2. The molecule has 2 heterocycles. The normalized spacial score (nSPS) is 21.9. The summed E-state index contributed by atoms with van der Waals surface area (Å²) in [6.45, 7) is 11.5. The van der Waals surface area contributed by atoms with Crippen LogP contribution >= 0.6 is 0 Å². The van der Waals surface area contributed by atoms with Crippen molar-refractivity contribution in [2.75, 3.05) is 13.7 Å². The zero-order valence-corrected chi connectivity index (χ0v) is 17.8. The molecule has 0 aromatic heterocycles. The highest BCUT2D eigenvalue weighted by molar-refractivity contribution is 5.76. The Morgan fingerprint density at radius 3 is 2.68 bits per heavy atom. The Morgan fingerprint density at radius 2 is 2.04 bits per heavy atom. The lowest BCUT2D eigenvalue weighted by atomic mass is 9.94. The molecule has 3 nitrogen and oxygen atoms in total. The van der Waals surface area contributed by atoms with Gasteiger partial charge in [0.05, 0.1) is 5.70 Å². The van der Waals surface area contributed by atoms with Crippen LogP contribution in [0.15, 0.2) is 24.3 Å². The van der Waals surface area contributed by atoms with Gasteiger partial charge in [0.1, 0.15) is 0 Å². The third kappa shape index (κ3) is 2.46. The number of hydrogen-bond acceptors (Lipinski definition) is 3. The molecule has 0 saturated carbocycles. The van der Waals surface area contributed by atoms with Crippen molar-refractivity contribution < 1.29 is 4.74 Å². The molecule has 0 aliphatic carbocycles. The van der Waals surface area contributed by atoms with Gasteiger partial charge in [0, 0.05) is 40.9 Å². The molecule has 1 atom stereocenters. The van der Waals surface area contributed by atoms with Crippen LogP contribution in [-0.2, 0) is 10.5 Å². The largest absolute Gasteiger partial charge is 0.402 e. The van der Waals surface area contributed by atoms with Crippen LogP contribution < -0.4 is 26.6 Å². The van der Waals surface area contributed by atoms with Crippen molar-refractivity contribution in [1.82, 2.24) is 4.90 Å². The Kier molecular flexibility index (Phi) is 4.39.